The van der Waals surface area contributed by atoms with E-state index in [1.807, 2.05) is 43.3 Å². The number of aromatic nitrogens is 1. The second-order valence-electron chi connectivity index (χ2n) is 6.51. The number of benzene rings is 1. The number of nitrogens with zero attached hydrogens (tertiary/aromatic N) is 2. The van der Waals surface area contributed by atoms with Crippen LogP contribution in [0.2, 0.25) is 0 Å². The molecule has 0 fully saturated rings. The van der Waals surface area contributed by atoms with Gasteiger partial charge in [0.1, 0.15) is 6.54 Å². The van der Waals surface area contributed by atoms with Crippen molar-refractivity contribution in [3.05, 3.63) is 53.4 Å². The number of nitrogens with one attached hydrogen (secondary N) is 3. The van der Waals surface area contributed by atoms with Crippen LogP contribution in [0.4, 0.5) is 0 Å². The van der Waals surface area contributed by atoms with Gasteiger partial charge >= 0.3 is 0 Å². The van der Waals surface area contributed by atoms with Crippen molar-refractivity contribution in [2.45, 2.75) is 46.2 Å². The van der Waals surface area contributed by atoms with Gasteiger partial charge in [-0.1, -0.05) is 49.3 Å². The van der Waals surface area contributed by atoms with Crippen molar-refractivity contribution in [2.24, 2.45) is 4.99 Å². The smallest absolute Gasteiger partial charge is 0.222 e. The lowest BCUT2D eigenvalue weighted by atomic mass is 10.1. The Morgan fingerprint density at radius 2 is 1.96 bits per heavy atom. The molecule has 1 heterocycles. The minimum Gasteiger partial charge on any atom is -0.359 e. The Morgan fingerprint density at radius 1 is 1.19 bits per heavy atom. The molecule has 27 heavy (non-hydrogen) atoms. The molecule has 0 aliphatic rings. The normalized spacial score (nSPS) is 11.5. The van der Waals surface area contributed by atoms with E-state index in [1.165, 1.54) is 0 Å². The van der Waals surface area contributed by atoms with Crippen molar-refractivity contribution in [2.75, 3.05) is 13.1 Å². The van der Waals surface area contributed by atoms with Crippen LogP contribution in [0.3, 0.4) is 0 Å². The van der Waals surface area contributed by atoms with Crippen LogP contribution >= 0.6 is 0 Å². The third kappa shape index (κ3) is 7.52. The summed E-state index contributed by atoms with van der Waals surface area (Å²) in [6.07, 6.45) is 0.372. The largest absolute Gasteiger partial charge is 0.359 e. The molecule has 1 aromatic carbocycles. The van der Waals surface area contributed by atoms with E-state index in [0.717, 1.165) is 23.6 Å². The molecule has 0 saturated carbocycles. The van der Waals surface area contributed by atoms with Gasteiger partial charge in [0.25, 0.3) is 0 Å². The summed E-state index contributed by atoms with van der Waals surface area (Å²) < 4.78 is 5.29. The quantitative estimate of drug-likeness (QED) is 0.465. The highest BCUT2D eigenvalue weighted by Gasteiger charge is 2.08. The van der Waals surface area contributed by atoms with E-state index in [0.29, 0.717) is 37.9 Å². The Labute approximate surface area is 160 Å². The molecular weight excluding hydrogens is 342 g/mol. The Bertz CT molecular complexity index is 725. The maximum atomic E-state index is 12.0. The first-order valence-corrected chi connectivity index (χ1v) is 9.36. The third-order valence-electron chi connectivity index (χ3n) is 3.88. The first kappa shape index (κ1) is 20.5. The van der Waals surface area contributed by atoms with Crippen LogP contribution in [0.1, 0.15) is 50.1 Å². The van der Waals surface area contributed by atoms with E-state index >= 15 is 0 Å². The average molecular weight is 371 g/mol. The fourth-order valence-corrected chi connectivity index (χ4v) is 2.35. The standard InChI is InChI=1S/C20H29N5O2/c1-4-21-20(24-14-17-12-18(15(2)3)25-27-17)22-11-10-19(26)23-13-16-8-6-5-7-9-16/h5-9,12,15H,4,10-11,13-14H2,1-3H3,(H,23,26)(H2,21,22,24). The Morgan fingerprint density at radius 3 is 2.63 bits per heavy atom. The number of guanidine groups is 1. The zero-order valence-electron chi connectivity index (χ0n) is 16.3. The van der Waals surface area contributed by atoms with Crippen molar-refractivity contribution in [1.29, 1.82) is 0 Å². The topological polar surface area (TPSA) is 91.6 Å². The van der Waals surface area contributed by atoms with Gasteiger partial charge in [0.15, 0.2) is 11.7 Å². The third-order valence-corrected chi connectivity index (χ3v) is 3.88. The molecule has 1 amide bonds. The number of amides is 1. The molecule has 0 aliphatic heterocycles. The van der Waals surface area contributed by atoms with Gasteiger partial charge in [-0.05, 0) is 18.4 Å². The van der Waals surface area contributed by atoms with E-state index in [1.54, 1.807) is 0 Å². The molecule has 0 saturated heterocycles. The van der Waals surface area contributed by atoms with Crippen molar-refractivity contribution in [3.63, 3.8) is 0 Å². The van der Waals surface area contributed by atoms with Gasteiger partial charge in [-0.3, -0.25) is 4.79 Å². The second-order valence-corrected chi connectivity index (χ2v) is 6.51. The zero-order chi connectivity index (χ0) is 19.5. The predicted molar refractivity (Wildman–Crippen MR) is 106 cm³/mol. The molecule has 0 atom stereocenters. The Hall–Kier alpha value is -2.83. The van der Waals surface area contributed by atoms with Gasteiger partial charge in [-0.25, -0.2) is 4.99 Å². The van der Waals surface area contributed by atoms with Gasteiger partial charge in [-0.2, -0.15) is 0 Å². The van der Waals surface area contributed by atoms with Crippen LogP contribution in [0, 0.1) is 0 Å². The summed E-state index contributed by atoms with van der Waals surface area (Å²) in [5, 5.41) is 13.3. The fraction of sp³-hybridized carbons (Fsp3) is 0.450. The Balaban J connectivity index is 1.75. The summed E-state index contributed by atoms with van der Waals surface area (Å²) in [5.74, 6) is 1.69. The number of carbonyl (C=O) groups excluding carboxylic acids is 1. The lowest BCUT2D eigenvalue weighted by molar-refractivity contribution is -0.121. The van der Waals surface area contributed by atoms with Crippen LogP contribution in [0.15, 0.2) is 45.9 Å². The molecule has 1 aromatic heterocycles. The molecule has 0 aliphatic carbocycles. The molecule has 0 radical (unpaired) electrons. The second kappa shape index (κ2) is 11.0. The van der Waals surface area contributed by atoms with E-state index in [2.05, 4.69) is 39.9 Å². The van der Waals surface area contributed by atoms with Crippen molar-refractivity contribution in [1.82, 2.24) is 21.1 Å². The van der Waals surface area contributed by atoms with Gasteiger partial charge in [0.2, 0.25) is 5.91 Å². The number of carbonyl (C=O) groups is 1. The minimum absolute atomic E-state index is 0.000915. The molecule has 0 bridgehead atoms. The van der Waals surface area contributed by atoms with Crippen LogP contribution in [-0.2, 0) is 17.9 Å². The van der Waals surface area contributed by atoms with E-state index < -0.39 is 0 Å². The maximum Gasteiger partial charge on any atom is 0.222 e. The monoisotopic (exact) mass is 371 g/mol. The summed E-state index contributed by atoms with van der Waals surface area (Å²) in [4.78, 5) is 16.4. The summed E-state index contributed by atoms with van der Waals surface area (Å²) in [5.41, 5.74) is 2.01. The van der Waals surface area contributed by atoms with E-state index in [4.69, 9.17) is 4.52 Å². The zero-order valence-corrected chi connectivity index (χ0v) is 16.3. The number of rotatable bonds is 9. The van der Waals surface area contributed by atoms with Crippen molar-refractivity contribution in [3.8, 4) is 0 Å². The van der Waals surface area contributed by atoms with Crippen LogP contribution in [0.25, 0.3) is 0 Å². The fourth-order valence-electron chi connectivity index (χ4n) is 2.35. The summed E-state index contributed by atoms with van der Waals surface area (Å²) in [6, 6.07) is 11.8. The highest BCUT2D eigenvalue weighted by Crippen LogP contribution is 2.14. The van der Waals surface area contributed by atoms with Gasteiger partial charge in [-0.15, -0.1) is 0 Å². The van der Waals surface area contributed by atoms with Crippen LogP contribution < -0.4 is 16.0 Å². The minimum atomic E-state index is -0.000915. The molecule has 146 valence electrons. The summed E-state index contributed by atoms with van der Waals surface area (Å²) in [6.45, 7) is 8.31. The first-order valence-electron chi connectivity index (χ1n) is 9.36. The molecule has 0 unspecified atom stereocenters. The first-order chi connectivity index (χ1) is 13.1. The number of aliphatic imine (C=N–C) groups is 1. The van der Waals surface area contributed by atoms with Gasteiger partial charge < -0.3 is 20.5 Å². The molecular formula is C20H29N5O2. The Kier molecular flexibility index (Phi) is 8.35. The molecule has 2 rings (SSSR count). The number of hydrogen-bond acceptors (Lipinski definition) is 4. The lowest BCUT2D eigenvalue weighted by Crippen LogP contribution is -2.39. The molecule has 3 N–H and O–H groups in total. The highest BCUT2D eigenvalue weighted by atomic mass is 16.5. The molecule has 7 nitrogen and oxygen atoms in total. The highest BCUT2D eigenvalue weighted by molar-refractivity contribution is 5.81. The molecule has 2 aromatic rings. The lowest BCUT2D eigenvalue weighted by Gasteiger charge is -2.11. The SMILES string of the molecule is CCNC(=NCc1cc(C(C)C)no1)NCCC(=O)NCc1ccccc1. The van der Waals surface area contributed by atoms with Crippen LogP contribution in [0.5, 0.6) is 0 Å². The van der Waals surface area contributed by atoms with Crippen LogP contribution in [-0.4, -0.2) is 30.1 Å². The summed E-state index contributed by atoms with van der Waals surface area (Å²) >= 11 is 0. The maximum absolute atomic E-state index is 12.0. The van der Waals surface area contributed by atoms with Gasteiger partial charge in [0, 0.05) is 32.1 Å². The predicted octanol–water partition coefficient (Wildman–Crippen LogP) is 2.56. The molecule has 0 spiro atoms. The summed E-state index contributed by atoms with van der Waals surface area (Å²) in [7, 11) is 0. The molecule has 7 heteroatoms. The van der Waals surface area contributed by atoms with Crippen molar-refractivity contribution < 1.29 is 9.32 Å². The van der Waals surface area contributed by atoms with E-state index in [-0.39, 0.29) is 5.91 Å². The van der Waals surface area contributed by atoms with Gasteiger partial charge in [0.05, 0.1) is 5.69 Å². The van der Waals surface area contributed by atoms with Crippen molar-refractivity contribution >= 4 is 11.9 Å². The number of hydrogen-bond donors (Lipinski definition) is 3. The van der Waals surface area contributed by atoms with E-state index in [9.17, 15) is 4.79 Å². The average Bonchev–Trinajstić information content (AvgIpc) is 3.15.